The van der Waals surface area contributed by atoms with Crippen molar-refractivity contribution in [2.24, 2.45) is 0 Å². The number of aromatic nitrogens is 1. The van der Waals surface area contributed by atoms with Crippen LogP contribution < -0.4 is 10.1 Å². The Hall–Kier alpha value is -4.98. The van der Waals surface area contributed by atoms with Gasteiger partial charge >= 0.3 is 12.3 Å². The highest BCUT2D eigenvalue weighted by Gasteiger charge is 2.34. The summed E-state index contributed by atoms with van der Waals surface area (Å²) in [4.78, 5) is 30.0. The Morgan fingerprint density at radius 2 is 1.47 bits per heavy atom. The first-order chi connectivity index (χ1) is 18.3. The van der Waals surface area contributed by atoms with E-state index >= 15 is 0 Å². The van der Waals surface area contributed by atoms with Crippen LogP contribution >= 0.6 is 0 Å². The quantitative estimate of drug-likeness (QED) is 0.244. The molecule has 188 valence electrons. The number of carbonyl (C=O) groups is 2. The van der Waals surface area contributed by atoms with Crippen LogP contribution in [0.2, 0.25) is 0 Å². The van der Waals surface area contributed by atoms with Gasteiger partial charge < -0.3 is 4.74 Å². The van der Waals surface area contributed by atoms with E-state index in [1.54, 1.807) is 84.9 Å². The Balaban J connectivity index is 1.62. The van der Waals surface area contributed by atoms with Crippen molar-refractivity contribution >= 4 is 28.5 Å². The Labute approximate surface area is 215 Å². The van der Waals surface area contributed by atoms with Crippen molar-refractivity contribution in [3.05, 3.63) is 126 Å². The summed E-state index contributed by atoms with van der Waals surface area (Å²) in [5.41, 5.74) is 0.341. The number of nitrogens with zero attached hydrogens (tertiary/aromatic N) is 1. The van der Waals surface area contributed by atoms with Crippen LogP contribution in [0.1, 0.15) is 21.5 Å². The number of ether oxygens (including phenoxy) is 1. The first kappa shape index (κ1) is 24.7. The van der Waals surface area contributed by atoms with Gasteiger partial charge in [-0.25, -0.2) is 4.79 Å². The van der Waals surface area contributed by atoms with Crippen LogP contribution in [0.4, 0.5) is 23.7 Å². The van der Waals surface area contributed by atoms with E-state index < -0.39 is 23.6 Å². The fourth-order valence-corrected chi connectivity index (χ4v) is 4.17. The lowest BCUT2D eigenvalue weighted by Gasteiger charge is -2.16. The fraction of sp³-hybridized carbons (Fsp3) is 0.0333. The van der Waals surface area contributed by atoms with Crippen molar-refractivity contribution in [1.29, 1.82) is 0 Å². The average Bonchev–Trinajstić information content (AvgIpc) is 2.92. The Morgan fingerprint density at radius 3 is 2.18 bits per heavy atom. The molecule has 0 aliphatic heterocycles. The molecule has 0 atom stereocenters. The number of para-hydroxylation sites is 2. The lowest BCUT2D eigenvalue weighted by molar-refractivity contribution is -0.136. The molecule has 1 heterocycles. The highest BCUT2D eigenvalue weighted by Crippen LogP contribution is 2.39. The van der Waals surface area contributed by atoms with Gasteiger partial charge in [0.25, 0.3) is 0 Å². The molecule has 5 rings (SSSR count). The topological polar surface area (TPSA) is 68.3 Å². The van der Waals surface area contributed by atoms with Crippen LogP contribution in [0.25, 0.3) is 22.0 Å². The molecule has 5 nitrogen and oxygen atoms in total. The number of nitrogens with one attached hydrogen (secondary N) is 1. The van der Waals surface area contributed by atoms with Gasteiger partial charge in [-0.05, 0) is 35.9 Å². The van der Waals surface area contributed by atoms with Gasteiger partial charge in [0.05, 0.1) is 11.1 Å². The summed E-state index contributed by atoms with van der Waals surface area (Å²) in [5, 5.41) is 2.78. The van der Waals surface area contributed by atoms with Crippen molar-refractivity contribution in [2.45, 2.75) is 6.18 Å². The van der Waals surface area contributed by atoms with Crippen molar-refractivity contribution < 1.29 is 27.5 Å². The Bertz CT molecular complexity index is 1640. The molecule has 0 saturated heterocycles. The molecule has 1 aromatic heterocycles. The van der Waals surface area contributed by atoms with Gasteiger partial charge in [0, 0.05) is 34.0 Å². The molecule has 0 spiro atoms. The molecule has 0 saturated carbocycles. The number of pyridine rings is 1. The zero-order chi connectivity index (χ0) is 26.7. The first-order valence-corrected chi connectivity index (χ1v) is 11.5. The van der Waals surface area contributed by atoms with Gasteiger partial charge in [-0.2, -0.15) is 13.2 Å². The zero-order valence-electron chi connectivity index (χ0n) is 19.7. The highest BCUT2D eigenvalue weighted by molar-refractivity contribution is 6.17. The molecule has 0 aliphatic rings. The maximum atomic E-state index is 13.8. The molecule has 4 aromatic carbocycles. The number of benzene rings is 4. The number of hydrogen-bond acceptors (Lipinski definition) is 4. The maximum Gasteiger partial charge on any atom is 0.418 e. The summed E-state index contributed by atoms with van der Waals surface area (Å²) in [7, 11) is 0. The van der Waals surface area contributed by atoms with E-state index in [0.717, 1.165) is 6.07 Å². The highest BCUT2D eigenvalue weighted by atomic mass is 19.4. The van der Waals surface area contributed by atoms with Gasteiger partial charge in [0.2, 0.25) is 0 Å². The molecule has 0 fully saturated rings. The number of ketones is 1. The minimum atomic E-state index is -4.64. The number of rotatable bonds is 5. The minimum absolute atomic E-state index is 0.132. The molecule has 0 bridgehead atoms. The molecule has 5 aromatic rings. The normalized spacial score (nSPS) is 11.2. The van der Waals surface area contributed by atoms with Crippen LogP contribution in [0.15, 0.2) is 109 Å². The zero-order valence-corrected chi connectivity index (χ0v) is 19.7. The summed E-state index contributed by atoms with van der Waals surface area (Å²) < 4.78 is 46.7. The van der Waals surface area contributed by atoms with Crippen LogP contribution in [-0.4, -0.2) is 16.9 Å². The number of hydrogen-bond donors (Lipinski definition) is 1. The third-order valence-corrected chi connectivity index (χ3v) is 5.83. The van der Waals surface area contributed by atoms with Gasteiger partial charge in [0.1, 0.15) is 5.75 Å². The third-order valence-electron chi connectivity index (χ3n) is 5.83. The fourth-order valence-electron chi connectivity index (χ4n) is 4.17. The SMILES string of the molecule is O=C(Nc1cccc(-c2c(C(=O)c3ccccc3)cnc3c(C(F)(F)F)cccc23)c1)Oc1ccccc1. The number of anilines is 1. The lowest BCUT2D eigenvalue weighted by atomic mass is 9.91. The van der Waals surface area contributed by atoms with Crippen LogP contribution in [0.3, 0.4) is 0 Å². The van der Waals surface area contributed by atoms with Crippen molar-refractivity contribution in [2.75, 3.05) is 5.32 Å². The van der Waals surface area contributed by atoms with Crippen LogP contribution in [0, 0.1) is 0 Å². The van der Waals surface area contributed by atoms with E-state index in [0.29, 0.717) is 22.6 Å². The predicted molar refractivity (Wildman–Crippen MR) is 138 cm³/mol. The molecule has 8 heteroatoms. The van der Waals surface area contributed by atoms with E-state index in [1.807, 2.05) is 0 Å². The predicted octanol–water partition coefficient (Wildman–Crippen LogP) is 7.76. The largest absolute Gasteiger partial charge is 0.418 e. The number of amides is 1. The summed E-state index contributed by atoms with van der Waals surface area (Å²) in [6.45, 7) is 0. The Morgan fingerprint density at radius 1 is 0.789 bits per heavy atom. The van der Waals surface area contributed by atoms with Crippen molar-refractivity contribution in [1.82, 2.24) is 4.98 Å². The van der Waals surface area contributed by atoms with Crippen LogP contribution in [-0.2, 0) is 6.18 Å². The first-order valence-electron chi connectivity index (χ1n) is 11.5. The second-order valence-corrected chi connectivity index (χ2v) is 8.35. The molecule has 0 unspecified atom stereocenters. The number of fused-ring (bicyclic) bond motifs is 1. The van der Waals surface area contributed by atoms with Gasteiger partial charge in [-0.3, -0.25) is 15.1 Å². The molecule has 0 aliphatic carbocycles. The second kappa shape index (κ2) is 10.2. The second-order valence-electron chi connectivity index (χ2n) is 8.35. The van der Waals surface area contributed by atoms with Gasteiger partial charge in [0.15, 0.2) is 5.78 Å². The molecule has 38 heavy (non-hydrogen) atoms. The minimum Gasteiger partial charge on any atom is -0.410 e. The molecular weight excluding hydrogens is 493 g/mol. The third kappa shape index (κ3) is 5.10. The number of halogens is 3. The molecule has 1 N–H and O–H groups in total. The lowest BCUT2D eigenvalue weighted by Crippen LogP contribution is -2.16. The monoisotopic (exact) mass is 512 g/mol. The van der Waals surface area contributed by atoms with E-state index in [4.69, 9.17) is 4.74 Å². The molecule has 0 radical (unpaired) electrons. The summed E-state index contributed by atoms with van der Waals surface area (Å²) in [6, 6.07) is 27.1. The van der Waals surface area contributed by atoms with E-state index in [-0.39, 0.29) is 22.0 Å². The molecular formula is C30H19F3N2O3. The van der Waals surface area contributed by atoms with Gasteiger partial charge in [-0.1, -0.05) is 72.8 Å². The Kier molecular flexibility index (Phi) is 6.62. The van der Waals surface area contributed by atoms with Crippen molar-refractivity contribution in [3.8, 4) is 16.9 Å². The van der Waals surface area contributed by atoms with Crippen LogP contribution in [0.5, 0.6) is 5.75 Å². The van der Waals surface area contributed by atoms with Crippen molar-refractivity contribution in [3.63, 3.8) is 0 Å². The summed E-state index contributed by atoms with van der Waals surface area (Å²) in [5.74, 6) is -0.0500. The smallest absolute Gasteiger partial charge is 0.410 e. The summed E-state index contributed by atoms with van der Waals surface area (Å²) >= 11 is 0. The maximum absolute atomic E-state index is 13.8. The van der Waals surface area contributed by atoms with E-state index in [1.165, 1.54) is 18.3 Å². The number of carbonyl (C=O) groups excluding carboxylic acids is 2. The summed E-state index contributed by atoms with van der Waals surface area (Å²) in [6.07, 6.45) is -4.21. The van der Waals surface area contributed by atoms with E-state index in [2.05, 4.69) is 10.3 Å². The standard InChI is InChI=1S/C30H19F3N2O3/c31-30(32,33)25-16-8-15-23-26(24(18-34-27(23)25)28(36)19-9-3-1-4-10-19)20-11-7-12-21(17-20)35-29(37)38-22-13-5-2-6-14-22/h1-18H,(H,35,37). The average molecular weight is 512 g/mol. The van der Waals surface area contributed by atoms with E-state index in [9.17, 15) is 22.8 Å². The molecule has 1 amide bonds. The number of alkyl halides is 3. The van der Waals surface area contributed by atoms with Gasteiger partial charge in [-0.15, -0.1) is 0 Å².